The lowest BCUT2D eigenvalue weighted by Gasteiger charge is -2.37. The highest BCUT2D eigenvalue weighted by atomic mass is 16.5. The zero-order chi connectivity index (χ0) is 62.5. The summed E-state index contributed by atoms with van der Waals surface area (Å²) in [5, 5.41) is 10.3. The van der Waals surface area contributed by atoms with Gasteiger partial charge in [-0.25, -0.2) is 19.6 Å². The van der Waals surface area contributed by atoms with Gasteiger partial charge in [0.15, 0.2) is 0 Å². The molecule has 28 heteroatoms. The summed E-state index contributed by atoms with van der Waals surface area (Å²) in [5.74, 6) is -10.9. The molecule has 10 amide bonds. The molecule has 0 radical (unpaired) electrons. The van der Waals surface area contributed by atoms with Gasteiger partial charge in [-0.3, -0.25) is 57.9 Å². The van der Waals surface area contributed by atoms with E-state index in [0.717, 1.165) is 19.6 Å². The summed E-state index contributed by atoms with van der Waals surface area (Å²) < 4.78 is 11.5. The number of carbonyl (C=O) groups is 12. The van der Waals surface area contributed by atoms with Crippen molar-refractivity contribution >= 4 is 93.1 Å². The van der Waals surface area contributed by atoms with Gasteiger partial charge < -0.3 is 60.1 Å². The number of nitrogens with one attached hydrogen (secondary N) is 4. The predicted molar refractivity (Wildman–Crippen MR) is 306 cm³/mol. The Morgan fingerprint density at radius 2 is 0.884 bits per heavy atom. The smallest absolute Gasteiger partial charge is 0.329 e. The van der Waals surface area contributed by atoms with Crippen LogP contribution in [0.15, 0.2) is 60.9 Å². The van der Waals surface area contributed by atoms with Crippen molar-refractivity contribution in [3.05, 3.63) is 72.3 Å². The van der Waals surface area contributed by atoms with Crippen LogP contribution in [-0.2, 0) is 57.4 Å². The first-order chi connectivity index (χ1) is 40.9. The average molecular weight is 1190 g/mol. The molecule has 5 heterocycles. The highest BCUT2D eigenvalue weighted by Crippen LogP contribution is 2.23. The van der Waals surface area contributed by atoms with E-state index >= 15 is 0 Å². The van der Waals surface area contributed by atoms with Gasteiger partial charge in [0, 0.05) is 41.3 Å². The van der Waals surface area contributed by atoms with E-state index in [2.05, 4.69) is 41.2 Å². The number of hydrogen-bond donors (Lipinski definition) is 4. The molecule has 460 valence electrons. The number of aromatic nitrogens is 4. The maximum absolute atomic E-state index is 14.7. The van der Waals surface area contributed by atoms with Crippen molar-refractivity contribution in [2.45, 2.75) is 102 Å². The number of nitrogens with zero attached hydrogens (tertiary/aromatic N) is 10. The third-order valence-electron chi connectivity index (χ3n) is 15.3. The molecule has 28 nitrogen and oxygen atoms in total. The van der Waals surface area contributed by atoms with Gasteiger partial charge in [-0.1, -0.05) is 52.0 Å². The Hall–Kier alpha value is -9.24. The van der Waals surface area contributed by atoms with Gasteiger partial charge in [0.2, 0.25) is 47.3 Å². The van der Waals surface area contributed by atoms with Gasteiger partial charge in [0.1, 0.15) is 60.9 Å². The predicted octanol–water partition coefficient (Wildman–Crippen LogP) is -0.553. The number of benzene rings is 2. The van der Waals surface area contributed by atoms with Gasteiger partial charge in [0.25, 0.3) is 11.8 Å². The number of likely N-dealkylation sites (N-methyl/N-ethyl adjacent to an activating group) is 4. The van der Waals surface area contributed by atoms with Crippen LogP contribution in [0, 0.1) is 11.8 Å². The topological polar surface area (TPSA) is 342 Å². The van der Waals surface area contributed by atoms with E-state index in [0.29, 0.717) is 47.8 Å². The van der Waals surface area contributed by atoms with E-state index in [1.165, 1.54) is 50.4 Å². The van der Waals surface area contributed by atoms with Crippen molar-refractivity contribution in [1.29, 1.82) is 0 Å². The summed E-state index contributed by atoms with van der Waals surface area (Å²) in [6.07, 6.45) is 4.56. The lowest BCUT2D eigenvalue weighted by atomic mass is 10.00. The first kappa shape index (κ1) is 64.3. The summed E-state index contributed by atoms with van der Waals surface area (Å²) in [4.78, 5) is 193. The molecule has 2 aromatic heterocycles. The second kappa shape index (κ2) is 29.0. The fourth-order valence-electron chi connectivity index (χ4n) is 10.5. The number of rotatable bonds is 6. The molecule has 0 unspecified atom stereocenters. The van der Waals surface area contributed by atoms with Crippen LogP contribution in [-0.4, -0.2) is 237 Å². The summed E-state index contributed by atoms with van der Waals surface area (Å²) in [6.45, 7) is 2.62. The number of piperidine rings is 2. The molecule has 0 bridgehead atoms. The number of carbonyl (C=O) groups excluding carboxylic acids is 12. The molecule has 3 aliphatic rings. The molecule has 3 saturated heterocycles. The zero-order valence-electron chi connectivity index (χ0n) is 49.5. The lowest BCUT2D eigenvalue weighted by Crippen LogP contribution is -2.59. The maximum atomic E-state index is 14.7. The van der Waals surface area contributed by atoms with E-state index in [9.17, 15) is 57.5 Å². The highest BCUT2D eigenvalue weighted by Gasteiger charge is 2.42. The van der Waals surface area contributed by atoms with Crippen molar-refractivity contribution in [1.82, 2.24) is 70.6 Å². The highest BCUT2D eigenvalue weighted by molar-refractivity contribution is 6.01. The molecule has 2 aromatic carbocycles. The van der Waals surface area contributed by atoms with Gasteiger partial charge >= 0.3 is 11.9 Å². The SMILES string of the molecule is CC(C)[C@H]1C(=O)OC[C@@H](NC(=O)c2cnc3ccccc3n2)C(=O)N2CCCC[C@H]2C(=O)NCC(=O)N(C)CC(=O)N(C)[C@@H](C(C)C)C(=O)OC[C@@H](NC(=O)c2cnc3ccccc3n2)C(=O)N2CCCC[C@H]2C(=O)NCC(=O)N(C)CC(=O)N1C. The Morgan fingerprint density at radius 1 is 0.523 bits per heavy atom. The van der Waals surface area contributed by atoms with E-state index in [4.69, 9.17) is 9.47 Å². The van der Waals surface area contributed by atoms with Crippen LogP contribution in [0.5, 0.6) is 0 Å². The second-order valence-electron chi connectivity index (χ2n) is 22.2. The maximum Gasteiger partial charge on any atom is 0.329 e. The molecule has 3 aliphatic heterocycles. The molecule has 4 N–H and O–H groups in total. The molecule has 86 heavy (non-hydrogen) atoms. The van der Waals surface area contributed by atoms with Crippen LogP contribution in [0.4, 0.5) is 0 Å². The van der Waals surface area contributed by atoms with E-state index in [1.807, 2.05) is 0 Å². The quantitative estimate of drug-likeness (QED) is 0.176. The number of esters is 2. The number of ether oxygens (including phenoxy) is 2. The first-order valence-corrected chi connectivity index (χ1v) is 28.5. The van der Waals surface area contributed by atoms with Gasteiger partial charge in [0.05, 0.1) is 60.6 Å². The van der Waals surface area contributed by atoms with E-state index < -0.39 is 158 Å². The van der Waals surface area contributed by atoms with Crippen LogP contribution in [0.2, 0.25) is 0 Å². The lowest BCUT2D eigenvalue weighted by molar-refractivity contribution is -0.159. The number of fused-ring (bicyclic) bond motifs is 4. The molecular weight excluding hydrogens is 1120 g/mol. The van der Waals surface area contributed by atoms with Crippen molar-refractivity contribution in [3.8, 4) is 0 Å². The van der Waals surface area contributed by atoms with Crippen LogP contribution < -0.4 is 21.3 Å². The van der Waals surface area contributed by atoms with E-state index in [1.54, 1.807) is 76.2 Å². The normalized spacial score (nSPS) is 23.2. The summed E-state index contributed by atoms with van der Waals surface area (Å²) in [7, 11) is 5.26. The summed E-state index contributed by atoms with van der Waals surface area (Å²) in [5.41, 5.74) is 1.37. The Balaban J connectivity index is 1.16. The number of amides is 10. The zero-order valence-corrected chi connectivity index (χ0v) is 49.5. The van der Waals surface area contributed by atoms with Gasteiger partial charge in [-0.15, -0.1) is 0 Å². The van der Waals surface area contributed by atoms with Crippen molar-refractivity contribution < 1.29 is 67.0 Å². The molecule has 6 atom stereocenters. The van der Waals surface area contributed by atoms with Crippen LogP contribution in [0.25, 0.3) is 22.1 Å². The number of cyclic esters (lactones) is 2. The molecular formula is C58H74N14O14. The van der Waals surface area contributed by atoms with Gasteiger partial charge in [-0.05, 0) is 74.6 Å². The van der Waals surface area contributed by atoms with Crippen molar-refractivity contribution in [3.63, 3.8) is 0 Å². The van der Waals surface area contributed by atoms with Gasteiger partial charge in [-0.2, -0.15) is 0 Å². The first-order valence-electron chi connectivity index (χ1n) is 28.5. The molecule has 0 saturated carbocycles. The standard InChI is InChI=1S/C58H74N14O14/c1-33(2)49-57(83)85-31-41(65-51(77)39-25-59-35-17-9-11-19-37(35)63-39)55(81)71-23-15-13-21-43(71)53(79)62-28-46(74)68(6)30-48(76)70(8)50(34(3)4)58(84)86-32-42(66-52(78)40-26-60-36-18-10-12-20-38(36)64-40)56(82)72-24-16-14-22-44(72)54(80)61-27-45(73)67(5)29-47(75)69(49)7/h9-12,17-20,25-26,33-34,41-44,49-50H,13-16,21-24,27-32H2,1-8H3,(H,61,80)(H,62,79)(H,65,77)(H,66,78)/t41-,42-,43+,44+,49+,50+/m1/s1. The second-order valence-corrected chi connectivity index (χ2v) is 22.2. The average Bonchev–Trinajstić information content (AvgIpc) is 3.26. The van der Waals surface area contributed by atoms with E-state index in [-0.39, 0.29) is 37.3 Å². The molecule has 0 aliphatic carbocycles. The Morgan fingerprint density at radius 3 is 1.24 bits per heavy atom. The fraction of sp³-hybridized carbons (Fsp3) is 0.517. The molecule has 0 spiro atoms. The van der Waals surface area contributed by atoms with Crippen molar-refractivity contribution in [2.75, 3.05) is 80.7 Å². The fourth-order valence-corrected chi connectivity index (χ4v) is 10.5. The largest absolute Gasteiger partial charge is 0.461 e. The molecule has 7 rings (SSSR count). The molecule has 3 fully saturated rings. The van der Waals surface area contributed by atoms with Crippen LogP contribution >= 0.6 is 0 Å². The minimum absolute atomic E-state index is 0.0219. The van der Waals surface area contributed by atoms with Crippen LogP contribution in [0.3, 0.4) is 0 Å². The minimum Gasteiger partial charge on any atom is -0.461 e. The third-order valence-corrected chi connectivity index (χ3v) is 15.3. The number of hydrogen-bond acceptors (Lipinski definition) is 18. The Labute approximate surface area is 496 Å². The monoisotopic (exact) mass is 1190 g/mol. The summed E-state index contributed by atoms with van der Waals surface area (Å²) >= 11 is 0. The number of para-hydroxylation sites is 4. The Bertz CT molecular complexity index is 3040. The third kappa shape index (κ3) is 15.7. The van der Waals surface area contributed by atoms with Crippen molar-refractivity contribution in [2.24, 2.45) is 11.8 Å². The Kier molecular flexibility index (Phi) is 21.7. The molecule has 4 aromatic rings. The van der Waals surface area contributed by atoms with Crippen LogP contribution in [0.1, 0.15) is 87.2 Å². The minimum atomic E-state index is -1.63. The summed E-state index contributed by atoms with van der Waals surface area (Å²) in [6, 6.07) is 5.31.